The minimum Gasteiger partial charge on any atom is -0.475 e. The number of hydrogen-bond acceptors (Lipinski definition) is 3. The lowest BCUT2D eigenvalue weighted by atomic mass is 10.1. The van der Waals surface area contributed by atoms with E-state index in [-0.39, 0.29) is 6.23 Å². The van der Waals surface area contributed by atoms with Gasteiger partial charge in [0.2, 0.25) is 0 Å². The van der Waals surface area contributed by atoms with Crippen molar-refractivity contribution < 1.29 is 9.84 Å². The number of hydrogen-bond donors (Lipinski definition) is 2. The molecular weight excluding hydrogens is 274 g/mol. The Morgan fingerprint density at radius 1 is 1.05 bits per heavy atom. The second-order valence-electron chi connectivity index (χ2n) is 5.82. The molecule has 0 aliphatic carbocycles. The minimum atomic E-state index is -0.535. The highest BCUT2D eigenvalue weighted by Crippen LogP contribution is 2.25. The van der Waals surface area contributed by atoms with Crippen molar-refractivity contribution in [3.63, 3.8) is 0 Å². The molecule has 0 radical (unpaired) electrons. The fraction of sp³-hybridized carbons (Fsp3) is 0.368. The van der Waals surface area contributed by atoms with E-state index < -0.39 is 6.10 Å². The van der Waals surface area contributed by atoms with E-state index in [2.05, 4.69) is 38.2 Å². The van der Waals surface area contributed by atoms with Crippen LogP contribution in [0.1, 0.15) is 35.3 Å². The molecule has 0 heterocycles. The Morgan fingerprint density at radius 2 is 1.64 bits per heavy atom. The van der Waals surface area contributed by atoms with Crippen LogP contribution in [0.3, 0.4) is 0 Å². The highest BCUT2D eigenvalue weighted by Gasteiger charge is 2.12. The van der Waals surface area contributed by atoms with E-state index in [1.54, 1.807) is 0 Å². The molecule has 2 rings (SSSR count). The van der Waals surface area contributed by atoms with Gasteiger partial charge in [-0.1, -0.05) is 48.0 Å². The molecule has 0 bridgehead atoms. The van der Waals surface area contributed by atoms with Crippen LogP contribution in [0.4, 0.5) is 0 Å². The van der Waals surface area contributed by atoms with E-state index >= 15 is 0 Å². The lowest BCUT2D eigenvalue weighted by Gasteiger charge is -2.21. The summed E-state index contributed by atoms with van der Waals surface area (Å²) in [5.74, 6) is 0.916. The number of benzene rings is 2. The van der Waals surface area contributed by atoms with Gasteiger partial charge in [-0.2, -0.15) is 0 Å². The third kappa shape index (κ3) is 4.33. The highest BCUT2D eigenvalue weighted by molar-refractivity contribution is 5.43. The third-order valence-electron chi connectivity index (χ3n) is 3.68. The first kappa shape index (κ1) is 16.5. The highest BCUT2D eigenvalue weighted by atomic mass is 16.5. The smallest absolute Gasteiger partial charge is 0.147 e. The number of aliphatic hydroxyl groups is 1. The van der Waals surface area contributed by atoms with E-state index in [4.69, 9.17) is 4.74 Å². The van der Waals surface area contributed by atoms with Gasteiger partial charge in [-0.3, -0.25) is 5.32 Å². The number of aliphatic hydroxyl groups excluding tert-OH is 1. The fourth-order valence-corrected chi connectivity index (χ4v) is 2.64. The first-order chi connectivity index (χ1) is 10.5. The second-order valence-corrected chi connectivity index (χ2v) is 5.82. The van der Waals surface area contributed by atoms with Crippen molar-refractivity contribution in [3.05, 3.63) is 64.7 Å². The Kier molecular flexibility index (Phi) is 5.58. The minimum absolute atomic E-state index is 0.168. The molecule has 0 fully saturated rings. The Bertz CT molecular complexity index is 587. The molecule has 22 heavy (non-hydrogen) atoms. The lowest BCUT2D eigenvalue weighted by molar-refractivity contribution is 0.127. The largest absolute Gasteiger partial charge is 0.475 e. The van der Waals surface area contributed by atoms with Crippen molar-refractivity contribution >= 4 is 0 Å². The van der Waals surface area contributed by atoms with E-state index in [1.165, 1.54) is 5.56 Å². The molecule has 0 spiro atoms. The van der Waals surface area contributed by atoms with Crippen molar-refractivity contribution in [3.8, 4) is 5.75 Å². The lowest BCUT2D eigenvalue weighted by Crippen LogP contribution is -2.35. The molecule has 2 aromatic carbocycles. The molecule has 0 aromatic heterocycles. The molecule has 0 aliphatic heterocycles. The van der Waals surface area contributed by atoms with Gasteiger partial charge in [0, 0.05) is 6.54 Å². The summed E-state index contributed by atoms with van der Waals surface area (Å²) in [5, 5.41) is 13.4. The number of rotatable bonds is 6. The molecule has 2 atom stereocenters. The first-order valence-electron chi connectivity index (χ1n) is 7.68. The molecule has 0 saturated carbocycles. The topological polar surface area (TPSA) is 41.5 Å². The molecule has 2 aromatic rings. The van der Waals surface area contributed by atoms with E-state index in [9.17, 15) is 5.11 Å². The summed E-state index contributed by atoms with van der Waals surface area (Å²) in [6, 6.07) is 13.9. The molecule has 2 N–H and O–H groups in total. The van der Waals surface area contributed by atoms with Crippen molar-refractivity contribution in [1.82, 2.24) is 5.32 Å². The Balaban J connectivity index is 1.92. The predicted molar refractivity (Wildman–Crippen MR) is 90.1 cm³/mol. The standard InChI is InChI=1S/C19H25NO2/c1-13-10-14(2)19(15(3)11-13)22-16(4)20-12-18(21)17-8-6-5-7-9-17/h5-11,16,18,20-21H,12H2,1-4H3. The number of aryl methyl sites for hydroxylation is 3. The quantitative estimate of drug-likeness (QED) is 0.800. The average molecular weight is 299 g/mol. The Labute approximate surface area is 133 Å². The molecular formula is C19H25NO2. The first-order valence-corrected chi connectivity index (χ1v) is 7.68. The van der Waals surface area contributed by atoms with Gasteiger partial charge in [0.05, 0.1) is 6.10 Å². The van der Waals surface area contributed by atoms with Crippen LogP contribution in [-0.4, -0.2) is 17.9 Å². The molecule has 3 nitrogen and oxygen atoms in total. The van der Waals surface area contributed by atoms with Crippen molar-refractivity contribution in [2.24, 2.45) is 0 Å². The van der Waals surface area contributed by atoms with Crippen LogP contribution in [0.2, 0.25) is 0 Å². The van der Waals surface area contributed by atoms with Crippen LogP contribution < -0.4 is 10.1 Å². The normalized spacial score (nSPS) is 13.7. The molecule has 0 amide bonds. The maximum atomic E-state index is 10.2. The van der Waals surface area contributed by atoms with Gasteiger partial charge in [-0.05, 0) is 44.4 Å². The van der Waals surface area contributed by atoms with Crippen LogP contribution in [0.15, 0.2) is 42.5 Å². The van der Waals surface area contributed by atoms with E-state index in [1.807, 2.05) is 37.3 Å². The maximum absolute atomic E-state index is 10.2. The summed E-state index contributed by atoms with van der Waals surface area (Å²) in [6.45, 7) is 8.61. The van der Waals surface area contributed by atoms with Crippen LogP contribution in [0, 0.1) is 20.8 Å². The Hall–Kier alpha value is -1.84. The average Bonchev–Trinajstić information content (AvgIpc) is 2.49. The molecule has 118 valence electrons. The zero-order valence-electron chi connectivity index (χ0n) is 13.8. The van der Waals surface area contributed by atoms with Gasteiger partial charge in [0.15, 0.2) is 0 Å². The van der Waals surface area contributed by atoms with Gasteiger partial charge < -0.3 is 9.84 Å². The molecule has 0 aliphatic rings. The zero-order chi connectivity index (χ0) is 16.1. The van der Waals surface area contributed by atoms with Gasteiger partial charge in [-0.15, -0.1) is 0 Å². The van der Waals surface area contributed by atoms with Crippen molar-refractivity contribution in [2.45, 2.75) is 40.0 Å². The van der Waals surface area contributed by atoms with Crippen LogP contribution in [0.5, 0.6) is 5.75 Å². The summed E-state index contributed by atoms with van der Waals surface area (Å²) in [7, 11) is 0. The fourth-order valence-electron chi connectivity index (χ4n) is 2.64. The molecule has 0 saturated heterocycles. The van der Waals surface area contributed by atoms with Gasteiger partial charge >= 0.3 is 0 Å². The van der Waals surface area contributed by atoms with Crippen molar-refractivity contribution in [2.75, 3.05) is 6.54 Å². The number of nitrogens with one attached hydrogen (secondary N) is 1. The van der Waals surface area contributed by atoms with Crippen LogP contribution in [-0.2, 0) is 0 Å². The predicted octanol–water partition coefficient (Wildman–Crippen LogP) is 3.66. The van der Waals surface area contributed by atoms with Gasteiger partial charge in [-0.25, -0.2) is 0 Å². The maximum Gasteiger partial charge on any atom is 0.147 e. The van der Waals surface area contributed by atoms with E-state index in [0.29, 0.717) is 6.54 Å². The van der Waals surface area contributed by atoms with E-state index in [0.717, 1.165) is 22.4 Å². The summed E-state index contributed by atoms with van der Waals surface area (Å²) >= 11 is 0. The molecule has 3 heteroatoms. The van der Waals surface area contributed by atoms with Crippen LogP contribution in [0.25, 0.3) is 0 Å². The third-order valence-corrected chi connectivity index (χ3v) is 3.68. The SMILES string of the molecule is Cc1cc(C)c(OC(C)NCC(O)c2ccccc2)c(C)c1. The summed E-state index contributed by atoms with van der Waals surface area (Å²) in [4.78, 5) is 0. The van der Waals surface area contributed by atoms with Crippen molar-refractivity contribution in [1.29, 1.82) is 0 Å². The second kappa shape index (κ2) is 7.43. The van der Waals surface area contributed by atoms with Gasteiger partial charge in [0.25, 0.3) is 0 Å². The summed E-state index contributed by atoms with van der Waals surface area (Å²) in [5.41, 5.74) is 4.41. The number of ether oxygens (including phenoxy) is 1. The zero-order valence-corrected chi connectivity index (χ0v) is 13.8. The summed E-state index contributed by atoms with van der Waals surface area (Å²) < 4.78 is 5.99. The molecule has 2 unspecified atom stereocenters. The van der Waals surface area contributed by atoms with Crippen LogP contribution >= 0.6 is 0 Å². The monoisotopic (exact) mass is 299 g/mol. The Morgan fingerprint density at radius 3 is 2.23 bits per heavy atom. The van der Waals surface area contributed by atoms with Gasteiger partial charge in [0.1, 0.15) is 12.0 Å². The summed E-state index contributed by atoms with van der Waals surface area (Å²) in [6.07, 6.45) is -0.703.